The lowest BCUT2D eigenvalue weighted by atomic mass is 9.76. The van der Waals surface area contributed by atoms with Crippen LogP contribution in [0.4, 0.5) is 0 Å². The Bertz CT molecular complexity index is 634. The highest BCUT2D eigenvalue weighted by atomic mass is 16.3. The molecular formula is C19H23NO. The van der Waals surface area contributed by atoms with Crippen molar-refractivity contribution >= 4 is 0 Å². The number of fused-ring (bicyclic) bond motifs is 1. The van der Waals surface area contributed by atoms with E-state index in [1.165, 1.54) is 16.7 Å². The molecule has 2 nitrogen and oxygen atoms in total. The van der Waals surface area contributed by atoms with E-state index in [0.717, 1.165) is 18.4 Å². The van der Waals surface area contributed by atoms with Crippen molar-refractivity contribution in [3.05, 3.63) is 64.7 Å². The number of phenolic OH excluding ortho intramolecular Hbond substituents is 1. The lowest BCUT2D eigenvalue weighted by Gasteiger charge is -2.36. The normalized spacial score (nSPS) is 21.3. The largest absolute Gasteiger partial charge is 0.508 e. The summed E-state index contributed by atoms with van der Waals surface area (Å²) >= 11 is 0. The van der Waals surface area contributed by atoms with Gasteiger partial charge in [0, 0.05) is 12.0 Å². The van der Waals surface area contributed by atoms with Gasteiger partial charge in [-0.15, -0.1) is 0 Å². The molecule has 0 fully saturated rings. The van der Waals surface area contributed by atoms with E-state index < -0.39 is 0 Å². The molecule has 2 atom stereocenters. The van der Waals surface area contributed by atoms with Crippen LogP contribution < -0.4 is 0 Å². The van der Waals surface area contributed by atoms with Gasteiger partial charge in [0.25, 0.3) is 0 Å². The molecule has 1 aliphatic rings. The molecule has 21 heavy (non-hydrogen) atoms. The molecule has 0 amide bonds. The Morgan fingerprint density at radius 3 is 2.48 bits per heavy atom. The van der Waals surface area contributed by atoms with E-state index in [1.807, 2.05) is 13.0 Å². The number of hydrogen-bond acceptors (Lipinski definition) is 2. The molecule has 110 valence electrons. The van der Waals surface area contributed by atoms with E-state index in [0.29, 0.717) is 17.7 Å². The first kappa shape index (κ1) is 14.2. The van der Waals surface area contributed by atoms with Crippen LogP contribution in [0.15, 0.2) is 42.5 Å². The van der Waals surface area contributed by atoms with Gasteiger partial charge in [0.2, 0.25) is 0 Å². The number of likely N-dealkylation sites (N-methyl/N-ethyl adjacent to an activating group) is 1. The van der Waals surface area contributed by atoms with E-state index in [-0.39, 0.29) is 0 Å². The summed E-state index contributed by atoms with van der Waals surface area (Å²) in [6.45, 7) is 1.98. The van der Waals surface area contributed by atoms with Crippen molar-refractivity contribution in [3.8, 4) is 5.75 Å². The second-order valence-corrected chi connectivity index (χ2v) is 6.36. The fourth-order valence-corrected chi connectivity index (χ4v) is 3.40. The summed E-state index contributed by atoms with van der Waals surface area (Å²) in [7, 11) is 4.32. The van der Waals surface area contributed by atoms with Crippen LogP contribution in [0, 0.1) is 6.92 Å². The summed E-state index contributed by atoms with van der Waals surface area (Å²) in [6.07, 6.45) is 2.17. The van der Waals surface area contributed by atoms with Gasteiger partial charge in [-0.05, 0) is 62.2 Å². The maximum absolute atomic E-state index is 10.1. The third kappa shape index (κ3) is 2.68. The maximum Gasteiger partial charge on any atom is 0.118 e. The zero-order valence-corrected chi connectivity index (χ0v) is 13.0. The second-order valence-electron chi connectivity index (χ2n) is 6.36. The van der Waals surface area contributed by atoms with Crippen molar-refractivity contribution in [2.24, 2.45) is 0 Å². The number of phenols is 1. The lowest BCUT2D eigenvalue weighted by molar-refractivity contribution is 0.258. The summed E-state index contributed by atoms with van der Waals surface area (Å²) in [6, 6.07) is 15.3. The molecule has 2 aromatic rings. The van der Waals surface area contributed by atoms with Crippen LogP contribution in [0.3, 0.4) is 0 Å². The first-order valence-corrected chi connectivity index (χ1v) is 7.60. The smallest absolute Gasteiger partial charge is 0.118 e. The van der Waals surface area contributed by atoms with Crippen molar-refractivity contribution in [1.29, 1.82) is 0 Å². The Morgan fingerprint density at radius 2 is 1.81 bits per heavy atom. The fourth-order valence-electron chi connectivity index (χ4n) is 3.40. The summed E-state index contributed by atoms with van der Waals surface area (Å²) in [5, 5.41) is 10.1. The van der Waals surface area contributed by atoms with Crippen molar-refractivity contribution in [2.45, 2.75) is 31.7 Å². The molecule has 0 saturated carbocycles. The molecule has 1 N–H and O–H groups in total. The van der Waals surface area contributed by atoms with Gasteiger partial charge in [-0.2, -0.15) is 0 Å². The first-order chi connectivity index (χ1) is 10.1. The zero-order valence-electron chi connectivity index (χ0n) is 13.0. The number of aromatic hydroxyl groups is 1. The van der Waals surface area contributed by atoms with E-state index in [2.05, 4.69) is 55.4 Å². The molecular weight excluding hydrogens is 258 g/mol. The topological polar surface area (TPSA) is 23.5 Å². The van der Waals surface area contributed by atoms with Gasteiger partial charge in [0.1, 0.15) is 5.75 Å². The minimum Gasteiger partial charge on any atom is -0.508 e. The lowest BCUT2D eigenvalue weighted by Crippen LogP contribution is -2.35. The van der Waals surface area contributed by atoms with Gasteiger partial charge < -0.3 is 10.0 Å². The van der Waals surface area contributed by atoms with Crippen LogP contribution in [0.2, 0.25) is 0 Å². The van der Waals surface area contributed by atoms with Crippen LogP contribution in [0.5, 0.6) is 5.75 Å². The van der Waals surface area contributed by atoms with Crippen LogP contribution in [-0.4, -0.2) is 30.1 Å². The minimum atomic E-state index is 0.369. The molecule has 1 aliphatic carbocycles. The maximum atomic E-state index is 10.1. The molecule has 2 aromatic carbocycles. The number of nitrogens with zero attached hydrogens (tertiary/aromatic N) is 1. The van der Waals surface area contributed by atoms with Gasteiger partial charge in [0.15, 0.2) is 0 Å². The standard InChI is InChI=1S/C19H23NO/c1-13-9-15-10-16(20(2)3)11-17(18(15)12-19(13)21)14-7-5-4-6-8-14/h4-9,12,16-17,21H,10-11H2,1-3H3/t16-,17-/m1/s1. The Kier molecular flexibility index (Phi) is 3.73. The number of benzene rings is 2. The number of aryl methyl sites for hydroxylation is 1. The predicted molar refractivity (Wildman–Crippen MR) is 86.9 cm³/mol. The average Bonchev–Trinajstić information content (AvgIpc) is 2.48. The third-order valence-corrected chi connectivity index (χ3v) is 4.73. The van der Waals surface area contributed by atoms with Crippen LogP contribution in [-0.2, 0) is 6.42 Å². The van der Waals surface area contributed by atoms with Crippen molar-refractivity contribution in [3.63, 3.8) is 0 Å². The summed E-state index contributed by atoms with van der Waals surface area (Å²) < 4.78 is 0. The summed E-state index contributed by atoms with van der Waals surface area (Å²) in [4.78, 5) is 2.32. The van der Waals surface area contributed by atoms with E-state index in [1.54, 1.807) is 0 Å². The number of hydrogen-bond donors (Lipinski definition) is 1. The first-order valence-electron chi connectivity index (χ1n) is 7.60. The molecule has 0 unspecified atom stereocenters. The summed E-state index contributed by atoms with van der Waals surface area (Å²) in [5.74, 6) is 0.784. The van der Waals surface area contributed by atoms with E-state index >= 15 is 0 Å². The van der Waals surface area contributed by atoms with E-state index in [4.69, 9.17) is 0 Å². The highest BCUT2D eigenvalue weighted by Crippen LogP contribution is 2.40. The molecule has 0 heterocycles. The second kappa shape index (κ2) is 5.53. The SMILES string of the molecule is Cc1cc2c(cc1O)[C@@H](c1ccccc1)C[C@H](N(C)C)C2. The predicted octanol–water partition coefficient (Wildman–Crippen LogP) is 3.71. The zero-order chi connectivity index (χ0) is 15.0. The molecule has 2 heteroatoms. The van der Waals surface area contributed by atoms with Gasteiger partial charge in [-0.1, -0.05) is 36.4 Å². The average molecular weight is 281 g/mol. The molecule has 0 aliphatic heterocycles. The molecule has 0 spiro atoms. The molecule has 0 radical (unpaired) electrons. The van der Waals surface area contributed by atoms with Crippen molar-refractivity contribution in [2.75, 3.05) is 14.1 Å². The van der Waals surface area contributed by atoms with Gasteiger partial charge >= 0.3 is 0 Å². The van der Waals surface area contributed by atoms with Crippen LogP contribution in [0.25, 0.3) is 0 Å². The minimum absolute atomic E-state index is 0.369. The number of rotatable bonds is 2. The highest BCUT2D eigenvalue weighted by molar-refractivity contribution is 5.48. The van der Waals surface area contributed by atoms with E-state index in [9.17, 15) is 5.11 Å². The molecule has 0 saturated heterocycles. The van der Waals surface area contributed by atoms with Crippen molar-refractivity contribution < 1.29 is 5.11 Å². The van der Waals surface area contributed by atoms with Crippen LogP contribution in [0.1, 0.15) is 34.6 Å². The van der Waals surface area contributed by atoms with Gasteiger partial charge in [-0.25, -0.2) is 0 Å². The fraction of sp³-hybridized carbons (Fsp3) is 0.368. The Labute approximate surface area is 127 Å². The molecule has 3 rings (SSSR count). The third-order valence-electron chi connectivity index (χ3n) is 4.73. The highest BCUT2D eigenvalue weighted by Gasteiger charge is 2.29. The van der Waals surface area contributed by atoms with Gasteiger partial charge in [0.05, 0.1) is 0 Å². The Morgan fingerprint density at radius 1 is 1.10 bits per heavy atom. The summed E-state index contributed by atoms with van der Waals surface area (Å²) in [5.41, 5.74) is 4.99. The van der Waals surface area contributed by atoms with Crippen molar-refractivity contribution in [1.82, 2.24) is 4.90 Å². The Balaban J connectivity index is 2.10. The molecule has 0 aromatic heterocycles. The Hall–Kier alpha value is -1.80. The quantitative estimate of drug-likeness (QED) is 0.907. The molecule has 0 bridgehead atoms. The van der Waals surface area contributed by atoms with Gasteiger partial charge in [-0.3, -0.25) is 0 Å². The van der Waals surface area contributed by atoms with Crippen LogP contribution >= 0.6 is 0 Å². The monoisotopic (exact) mass is 281 g/mol.